The molecule has 0 saturated carbocycles. The number of hydrogen-bond donors (Lipinski definition) is 3. The first-order valence-electron chi connectivity index (χ1n) is 7.16. The molecule has 0 aliphatic rings. The van der Waals surface area contributed by atoms with E-state index < -0.39 is 6.10 Å². The van der Waals surface area contributed by atoms with Gasteiger partial charge in [0.25, 0.3) is 0 Å². The molecule has 0 spiro atoms. The molecule has 2 atom stereocenters. The lowest BCUT2D eigenvalue weighted by Gasteiger charge is -2.15. The number of ether oxygens (including phenoxy) is 1. The first-order chi connectivity index (χ1) is 10.0. The summed E-state index contributed by atoms with van der Waals surface area (Å²) >= 11 is 0. The molecule has 1 rings (SSSR count). The van der Waals surface area contributed by atoms with Gasteiger partial charge in [0.15, 0.2) is 5.82 Å². The Kier molecular flexibility index (Phi) is 7.63. The molecule has 21 heavy (non-hydrogen) atoms. The summed E-state index contributed by atoms with van der Waals surface area (Å²) in [4.78, 5) is 0. The Balaban J connectivity index is 2.33. The first kappa shape index (κ1) is 17.3. The second kappa shape index (κ2) is 9.25. The normalized spacial score (nSPS) is 13.4. The van der Waals surface area contributed by atoms with Gasteiger partial charge in [0.1, 0.15) is 12.7 Å². The summed E-state index contributed by atoms with van der Waals surface area (Å²) in [6.45, 7) is 8.60. The van der Waals surface area contributed by atoms with Gasteiger partial charge < -0.3 is 15.2 Å². The van der Waals surface area contributed by atoms with Crippen molar-refractivity contribution in [2.75, 3.05) is 18.6 Å². The number of aromatic nitrogens is 2. The Bertz CT molecular complexity index is 431. The van der Waals surface area contributed by atoms with Crippen LogP contribution in [0, 0.1) is 0 Å². The van der Waals surface area contributed by atoms with Crippen LogP contribution in [0.2, 0.25) is 0 Å². The van der Waals surface area contributed by atoms with Crippen LogP contribution >= 0.6 is 0 Å². The number of hydrogen-bond acceptors (Lipinski definition) is 7. The Morgan fingerprint density at radius 1 is 1.38 bits per heavy atom. The van der Waals surface area contributed by atoms with Crippen LogP contribution in [0.25, 0.3) is 0 Å². The van der Waals surface area contributed by atoms with E-state index in [4.69, 9.17) is 4.74 Å². The molecule has 118 valence electrons. The van der Waals surface area contributed by atoms with Crippen molar-refractivity contribution in [2.24, 2.45) is 5.10 Å². The molecule has 0 saturated heterocycles. The lowest BCUT2D eigenvalue weighted by Crippen LogP contribution is -2.36. The predicted octanol–water partition coefficient (Wildman–Crippen LogP) is 1.41. The highest BCUT2D eigenvalue weighted by molar-refractivity contribution is 5.79. The van der Waals surface area contributed by atoms with Crippen LogP contribution in [0.5, 0.6) is 5.88 Å². The molecule has 7 nitrogen and oxygen atoms in total. The van der Waals surface area contributed by atoms with Crippen molar-refractivity contribution in [3.8, 4) is 5.88 Å². The number of aliphatic hydroxyl groups is 1. The Morgan fingerprint density at radius 3 is 2.71 bits per heavy atom. The fraction of sp³-hybridized carbons (Fsp3) is 0.643. The fourth-order valence-electron chi connectivity index (χ4n) is 1.35. The Morgan fingerprint density at radius 2 is 2.14 bits per heavy atom. The SMILES string of the molecule is CCC(C)NCC(O)COc1ccc(NN=C(C)C)nn1. The average molecular weight is 295 g/mol. The summed E-state index contributed by atoms with van der Waals surface area (Å²) in [6.07, 6.45) is 0.443. The zero-order valence-electron chi connectivity index (χ0n) is 13.1. The third-order valence-corrected chi connectivity index (χ3v) is 2.77. The van der Waals surface area contributed by atoms with Gasteiger partial charge in [0.05, 0.1) is 0 Å². The van der Waals surface area contributed by atoms with Gasteiger partial charge in [-0.05, 0) is 33.3 Å². The lowest BCUT2D eigenvalue weighted by molar-refractivity contribution is 0.101. The van der Waals surface area contributed by atoms with E-state index in [0.717, 1.165) is 12.1 Å². The van der Waals surface area contributed by atoms with E-state index in [0.29, 0.717) is 24.3 Å². The van der Waals surface area contributed by atoms with Crippen molar-refractivity contribution in [1.82, 2.24) is 15.5 Å². The predicted molar refractivity (Wildman–Crippen MR) is 83.7 cm³/mol. The molecule has 1 aromatic rings. The van der Waals surface area contributed by atoms with Crippen molar-refractivity contribution >= 4 is 11.5 Å². The van der Waals surface area contributed by atoms with Crippen LogP contribution in [-0.2, 0) is 0 Å². The minimum Gasteiger partial charge on any atom is -0.474 e. The van der Waals surface area contributed by atoms with Gasteiger partial charge >= 0.3 is 0 Å². The molecular weight excluding hydrogens is 270 g/mol. The Hall–Kier alpha value is -1.73. The number of hydrazone groups is 1. The van der Waals surface area contributed by atoms with Gasteiger partial charge in [-0.25, -0.2) is 0 Å². The molecule has 0 aliphatic heterocycles. The highest BCUT2D eigenvalue weighted by atomic mass is 16.5. The quantitative estimate of drug-likeness (QED) is 0.471. The molecule has 3 N–H and O–H groups in total. The number of aliphatic hydroxyl groups excluding tert-OH is 1. The second-order valence-electron chi connectivity index (χ2n) is 5.11. The topological polar surface area (TPSA) is 91.7 Å². The number of nitrogens with zero attached hydrogens (tertiary/aromatic N) is 3. The van der Waals surface area contributed by atoms with E-state index in [1.54, 1.807) is 12.1 Å². The summed E-state index contributed by atoms with van der Waals surface area (Å²) < 4.78 is 5.39. The van der Waals surface area contributed by atoms with Crippen LogP contribution in [0.4, 0.5) is 5.82 Å². The summed E-state index contributed by atoms with van der Waals surface area (Å²) in [5.41, 5.74) is 3.67. The van der Waals surface area contributed by atoms with E-state index in [1.807, 2.05) is 13.8 Å². The minimum atomic E-state index is -0.578. The third kappa shape index (κ3) is 7.57. The largest absolute Gasteiger partial charge is 0.474 e. The molecule has 0 aliphatic carbocycles. The standard InChI is InChI=1S/C14H25N5O2/c1-5-11(4)15-8-12(20)9-21-14-7-6-13(18-19-14)17-16-10(2)3/h6-7,11-12,15,20H,5,8-9H2,1-4H3,(H,17,18). The van der Waals surface area contributed by atoms with E-state index in [9.17, 15) is 5.11 Å². The summed E-state index contributed by atoms with van der Waals surface area (Å²) in [5.74, 6) is 0.919. The highest BCUT2D eigenvalue weighted by Crippen LogP contribution is 2.08. The zero-order chi connectivity index (χ0) is 15.7. The van der Waals surface area contributed by atoms with Crippen LogP contribution in [-0.4, -0.2) is 46.3 Å². The van der Waals surface area contributed by atoms with Crippen molar-refractivity contribution in [3.05, 3.63) is 12.1 Å². The van der Waals surface area contributed by atoms with E-state index in [2.05, 4.69) is 39.9 Å². The van der Waals surface area contributed by atoms with Gasteiger partial charge in [-0.15, -0.1) is 10.2 Å². The van der Waals surface area contributed by atoms with Crippen molar-refractivity contribution in [1.29, 1.82) is 0 Å². The first-order valence-corrected chi connectivity index (χ1v) is 7.16. The molecule has 0 amide bonds. The lowest BCUT2D eigenvalue weighted by atomic mass is 10.2. The van der Waals surface area contributed by atoms with Crippen molar-refractivity contribution in [3.63, 3.8) is 0 Å². The number of nitrogens with one attached hydrogen (secondary N) is 2. The molecule has 0 aromatic carbocycles. The zero-order valence-corrected chi connectivity index (χ0v) is 13.1. The monoisotopic (exact) mass is 295 g/mol. The average Bonchev–Trinajstić information content (AvgIpc) is 2.49. The molecule has 0 bridgehead atoms. The maximum atomic E-state index is 9.79. The summed E-state index contributed by atoms with van der Waals surface area (Å²) in [5, 5.41) is 24.9. The number of anilines is 1. The summed E-state index contributed by atoms with van der Waals surface area (Å²) in [6, 6.07) is 3.79. The Labute approximate surface area is 125 Å². The third-order valence-electron chi connectivity index (χ3n) is 2.77. The fourth-order valence-corrected chi connectivity index (χ4v) is 1.35. The maximum Gasteiger partial charge on any atom is 0.233 e. The van der Waals surface area contributed by atoms with Gasteiger partial charge in [0, 0.05) is 24.4 Å². The molecule has 7 heteroatoms. The molecule has 1 aromatic heterocycles. The van der Waals surface area contributed by atoms with Gasteiger partial charge in [0.2, 0.25) is 5.88 Å². The molecule has 0 fully saturated rings. The maximum absolute atomic E-state index is 9.79. The van der Waals surface area contributed by atoms with Gasteiger partial charge in [-0.2, -0.15) is 5.10 Å². The smallest absolute Gasteiger partial charge is 0.233 e. The van der Waals surface area contributed by atoms with Crippen LogP contribution in [0.1, 0.15) is 34.1 Å². The minimum absolute atomic E-state index is 0.178. The van der Waals surface area contributed by atoms with E-state index in [-0.39, 0.29) is 6.61 Å². The van der Waals surface area contributed by atoms with Crippen molar-refractivity contribution in [2.45, 2.75) is 46.3 Å². The highest BCUT2D eigenvalue weighted by Gasteiger charge is 2.07. The van der Waals surface area contributed by atoms with Crippen LogP contribution in [0.15, 0.2) is 17.2 Å². The second-order valence-corrected chi connectivity index (χ2v) is 5.11. The molecular formula is C14H25N5O2. The number of rotatable bonds is 9. The summed E-state index contributed by atoms with van der Waals surface area (Å²) in [7, 11) is 0. The molecule has 0 radical (unpaired) electrons. The van der Waals surface area contributed by atoms with E-state index in [1.165, 1.54) is 0 Å². The van der Waals surface area contributed by atoms with Crippen LogP contribution in [0.3, 0.4) is 0 Å². The molecule has 2 unspecified atom stereocenters. The van der Waals surface area contributed by atoms with Crippen molar-refractivity contribution < 1.29 is 9.84 Å². The van der Waals surface area contributed by atoms with Gasteiger partial charge in [-0.3, -0.25) is 5.43 Å². The van der Waals surface area contributed by atoms with Gasteiger partial charge in [-0.1, -0.05) is 6.92 Å². The molecule has 1 heterocycles. The van der Waals surface area contributed by atoms with E-state index >= 15 is 0 Å². The van der Waals surface area contributed by atoms with Crippen LogP contribution < -0.4 is 15.5 Å².